The predicted octanol–water partition coefficient (Wildman–Crippen LogP) is 3.61. The molecule has 2 nitrogen and oxygen atoms in total. The second-order valence-corrected chi connectivity index (χ2v) is 6.57. The maximum Gasteiger partial charge on any atom is 0.0594 e. The van der Waals surface area contributed by atoms with Gasteiger partial charge in [0.25, 0.3) is 0 Å². The molecule has 0 amide bonds. The van der Waals surface area contributed by atoms with Gasteiger partial charge in [-0.1, -0.05) is 20.8 Å². The maximum atomic E-state index is 6.00. The highest BCUT2D eigenvalue weighted by Crippen LogP contribution is 2.30. The highest BCUT2D eigenvalue weighted by molar-refractivity contribution is 4.77. The van der Waals surface area contributed by atoms with Gasteiger partial charge >= 0.3 is 0 Å². The van der Waals surface area contributed by atoms with Crippen molar-refractivity contribution >= 4 is 0 Å². The Morgan fingerprint density at radius 1 is 1.12 bits per heavy atom. The van der Waals surface area contributed by atoms with E-state index in [1.54, 1.807) is 0 Å². The lowest BCUT2D eigenvalue weighted by Gasteiger charge is -2.32. The number of ether oxygens (including phenoxy) is 1. The molecule has 1 aliphatic carbocycles. The van der Waals surface area contributed by atoms with E-state index in [4.69, 9.17) is 4.74 Å². The minimum atomic E-state index is 0.247. The van der Waals surface area contributed by atoms with Gasteiger partial charge in [-0.25, -0.2) is 0 Å². The molecule has 2 unspecified atom stereocenters. The van der Waals surface area contributed by atoms with Crippen molar-refractivity contribution in [2.45, 2.75) is 71.9 Å². The first-order chi connectivity index (χ1) is 7.93. The van der Waals surface area contributed by atoms with Crippen LogP contribution in [0.2, 0.25) is 0 Å². The molecule has 0 aromatic rings. The zero-order valence-electron chi connectivity index (χ0n) is 12.4. The molecule has 0 spiro atoms. The summed E-state index contributed by atoms with van der Waals surface area (Å²) in [5, 5.41) is 3.55. The molecule has 2 heteroatoms. The third-order valence-electron chi connectivity index (χ3n) is 4.08. The van der Waals surface area contributed by atoms with Crippen molar-refractivity contribution in [1.29, 1.82) is 0 Å². The number of rotatable bonds is 6. The lowest BCUT2D eigenvalue weighted by molar-refractivity contribution is 0.000921. The van der Waals surface area contributed by atoms with Crippen molar-refractivity contribution in [3.8, 4) is 0 Å². The van der Waals surface area contributed by atoms with Crippen LogP contribution in [0.1, 0.15) is 60.3 Å². The summed E-state index contributed by atoms with van der Waals surface area (Å²) in [6.07, 6.45) is 5.54. The van der Waals surface area contributed by atoms with Gasteiger partial charge in [0.05, 0.1) is 12.7 Å². The van der Waals surface area contributed by atoms with Gasteiger partial charge in [-0.3, -0.25) is 0 Å². The Bertz CT molecular complexity index is 205. The predicted molar refractivity (Wildman–Crippen MR) is 74.3 cm³/mol. The van der Waals surface area contributed by atoms with E-state index in [1.807, 2.05) is 0 Å². The average Bonchev–Trinajstić information content (AvgIpc) is 2.23. The molecule has 0 aliphatic heterocycles. The van der Waals surface area contributed by atoms with Gasteiger partial charge in [-0.15, -0.1) is 0 Å². The summed E-state index contributed by atoms with van der Waals surface area (Å²) in [5.74, 6) is 1.67. The van der Waals surface area contributed by atoms with Crippen LogP contribution < -0.4 is 5.32 Å². The molecule has 102 valence electrons. The van der Waals surface area contributed by atoms with Crippen molar-refractivity contribution in [1.82, 2.24) is 5.32 Å². The molecule has 1 aliphatic rings. The molecule has 17 heavy (non-hydrogen) atoms. The standard InChI is InChI=1S/C15H31NO/c1-6-15(4,5)16-7-8-17-14-10-12(2)9-13(3)11-14/h12-14,16H,6-11H2,1-5H3. The van der Waals surface area contributed by atoms with Gasteiger partial charge in [0.15, 0.2) is 0 Å². The number of hydrogen-bond donors (Lipinski definition) is 1. The van der Waals surface area contributed by atoms with Gasteiger partial charge in [-0.2, -0.15) is 0 Å². The van der Waals surface area contributed by atoms with Crippen LogP contribution in [0.3, 0.4) is 0 Å². The second-order valence-electron chi connectivity index (χ2n) is 6.57. The average molecular weight is 241 g/mol. The fraction of sp³-hybridized carbons (Fsp3) is 1.00. The third kappa shape index (κ3) is 5.87. The highest BCUT2D eigenvalue weighted by atomic mass is 16.5. The molecule has 0 saturated heterocycles. The van der Waals surface area contributed by atoms with E-state index in [2.05, 4.69) is 39.9 Å². The summed E-state index contributed by atoms with van der Waals surface area (Å²) in [4.78, 5) is 0. The first kappa shape index (κ1) is 15.0. The van der Waals surface area contributed by atoms with E-state index in [-0.39, 0.29) is 5.54 Å². The van der Waals surface area contributed by atoms with Crippen LogP contribution in [0.4, 0.5) is 0 Å². The Labute approximate surface area is 108 Å². The molecule has 1 saturated carbocycles. The summed E-state index contributed by atoms with van der Waals surface area (Å²) < 4.78 is 6.00. The van der Waals surface area contributed by atoms with E-state index >= 15 is 0 Å². The molecule has 0 aromatic carbocycles. The topological polar surface area (TPSA) is 21.3 Å². The fourth-order valence-corrected chi connectivity index (χ4v) is 2.75. The molecule has 0 bridgehead atoms. The molecule has 0 radical (unpaired) electrons. The SMILES string of the molecule is CCC(C)(C)NCCOC1CC(C)CC(C)C1. The van der Waals surface area contributed by atoms with Gasteiger partial charge in [0, 0.05) is 12.1 Å². The molecule has 1 fully saturated rings. The van der Waals surface area contributed by atoms with E-state index in [0.717, 1.165) is 31.4 Å². The van der Waals surface area contributed by atoms with E-state index in [1.165, 1.54) is 19.3 Å². The number of nitrogens with one attached hydrogen (secondary N) is 1. The zero-order chi connectivity index (χ0) is 12.9. The summed E-state index contributed by atoms with van der Waals surface area (Å²) in [6.45, 7) is 13.2. The first-order valence-corrected chi connectivity index (χ1v) is 7.29. The summed E-state index contributed by atoms with van der Waals surface area (Å²) in [6, 6.07) is 0. The lowest BCUT2D eigenvalue weighted by atomic mass is 9.82. The Kier molecular flexibility index (Phi) is 5.94. The fourth-order valence-electron chi connectivity index (χ4n) is 2.75. The summed E-state index contributed by atoms with van der Waals surface area (Å²) in [5.41, 5.74) is 0.247. The van der Waals surface area contributed by atoms with Crippen molar-refractivity contribution in [3.63, 3.8) is 0 Å². The van der Waals surface area contributed by atoms with E-state index in [9.17, 15) is 0 Å². The minimum Gasteiger partial charge on any atom is -0.377 e. The molecule has 2 atom stereocenters. The first-order valence-electron chi connectivity index (χ1n) is 7.29. The van der Waals surface area contributed by atoms with Gasteiger partial charge in [0.1, 0.15) is 0 Å². The Hall–Kier alpha value is -0.0800. The van der Waals surface area contributed by atoms with E-state index < -0.39 is 0 Å². The van der Waals surface area contributed by atoms with Crippen LogP contribution in [-0.2, 0) is 4.74 Å². The van der Waals surface area contributed by atoms with Gasteiger partial charge in [-0.05, 0) is 51.4 Å². The largest absolute Gasteiger partial charge is 0.377 e. The summed E-state index contributed by atoms with van der Waals surface area (Å²) in [7, 11) is 0. The Morgan fingerprint density at radius 2 is 1.71 bits per heavy atom. The van der Waals surface area contributed by atoms with Gasteiger partial charge < -0.3 is 10.1 Å². The second kappa shape index (κ2) is 6.75. The summed E-state index contributed by atoms with van der Waals surface area (Å²) >= 11 is 0. The van der Waals surface area contributed by atoms with Crippen LogP contribution in [0.15, 0.2) is 0 Å². The molecule has 0 heterocycles. The third-order valence-corrected chi connectivity index (χ3v) is 4.08. The van der Waals surface area contributed by atoms with Crippen molar-refractivity contribution in [2.75, 3.05) is 13.2 Å². The Balaban J connectivity index is 2.14. The van der Waals surface area contributed by atoms with Gasteiger partial charge in [0.2, 0.25) is 0 Å². The van der Waals surface area contributed by atoms with Crippen LogP contribution in [0.25, 0.3) is 0 Å². The highest BCUT2D eigenvalue weighted by Gasteiger charge is 2.24. The molecular weight excluding hydrogens is 210 g/mol. The van der Waals surface area contributed by atoms with E-state index in [0.29, 0.717) is 6.10 Å². The minimum absolute atomic E-state index is 0.247. The van der Waals surface area contributed by atoms with Crippen LogP contribution in [-0.4, -0.2) is 24.8 Å². The monoisotopic (exact) mass is 241 g/mol. The van der Waals surface area contributed by atoms with Crippen molar-refractivity contribution in [3.05, 3.63) is 0 Å². The number of hydrogen-bond acceptors (Lipinski definition) is 2. The maximum absolute atomic E-state index is 6.00. The molecular formula is C15H31NO. The normalized spacial score (nSPS) is 30.5. The molecule has 1 rings (SSSR count). The van der Waals surface area contributed by atoms with Crippen LogP contribution in [0, 0.1) is 11.8 Å². The molecule has 1 N–H and O–H groups in total. The zero-order valence-corrected chi connectivity index (χ0v) is 12.4. The lowest BCUT2D eigenvalue weighted by Crippen LogP contribution is -2.41. The van der Waals surface area contributed by atoms with Crippen molar-refractivity contribution < 1.29 is 4.74 Å². The molecule has 0 aromatic heterocycles. The smallest absolute Gasteiger partial charge is 0.0594 e. The quantitative estimate of drug-likeness (QED) is 0.717. The van der Waals surface area contributed by atoms with Crippen LogP contribution >= 0.6 is 0 Å². The Morgan fingerprint density at radius 3 is 2.24 bits per heavy atom. The van der Waals surface area contributed by atoms with Crippen LogP contribution in [0.5, 0.6) is 0 Å². The van der Waals surface area contributed by atoms with Crippen molar-refractivity contribution in [2.24, 2.45) is 11.8 Å².